The Labute approximate surface area is 204 Å². The molecule has 0 aromatic heterocycles. The van der Waals surface area contributed by atoms with Crippen LogP contribution in [0.1, 0.15) is 41.4 Å². The van der Waals surface area contributed by atoms with Crippen LogP contribution in [-0.4, -0.2) is 41.1 Å². The first kappa shape index (κ1) is 23.7. The van der Waals surface area contributed by atoms with Gasteiger partial charge in [-0.25, -0.2) is 5.01 Å². The van der Waals surface area contributed by atoms with E-state index in [2.05, 4.69) is 0 Å². The lowest BCUT2D eigenvalue weighted by Gasteiger charge is -2.27. The van der Waals surface area contributed by atoms with E-state index in [9.17, 15) is 19.2 Å². The lowest BCUT2D eigenvalue weighted by atomic mass is 10.0. The number of carbonyl (C=O) groups excluding carboxylic acids is 4. The number of nitrogens with two attached hydrogens (primary N) is 2. The lowest BCUT2D eigenvalue weighted by Crippen LogP contribution is -2.47. The zero-order chi connectivity index (χ0) is 23.5. The van der Waals surface area contributed by atoms with Crippen molar-refractivity contribution in [3.05, 3.63) is 52.4 Å². The third kappa shape index (κ3) is 3.29. The predicted molar refractivity (Wildman–Crippen MR) is 120 cm³/mol. The molecule has 0 saturated heterocycles. The van der Waals surface area contributed by atoms with E-state index in [0.29, 0.717) is 10.0 Å². The van der Waals surface area contributed by atoms with Gasteiger partial charge >= 0.3 is 0 Å². The predicted octanol–water partition coefficient (Wildman–Crippen LogP) is 4.87. The van der Waals surface area contributed by atoms with Crippen molar-refractivity contribution < 1.29 is 19.2 Å². The van der Waals surface area contributed by atoms with E-state index in [0.717, 1.165) is 7.05 Å². The Morgan fingerprint density at radius 2 is 1.29 bits per heavy atom. The molecule has 4 N–H and O–H groups in total. The van der Waals surface area contributed by atoms with Crippen LogP contribution in [0.15, 0.2) is 0 Å². The van der Waals surface area contributed by atoms with Crippen LogP contribution < -0.4 is 11.5 Å². The SMILES string of the molecule is CN(C(=O)c1c(N)c(Cl)c(Cl)c(Cl)c1C=O)N1C(=O)c2c(N)c(Cl)c(Cl)c(Cl)c2C1=O. The van der Waals surface area contributed by atoms with E-state index in [-0.39, 0.29) is 64.5 Å². The van der Waals surface area contributed by atoms with Crippen molar-refractivity contribution in [1.29, 1.82) is 0 Å². The molecule has 0 unspecified atom stereocenters. The van der Waals surface area contributed by atoms with Gasteiger partial charge in [-0.15, -0.1) is 0 Å². The van der Waals surface area contributed by atoms with Gasteiger partial charge in [0.15, 0.2) is 6.29 Å². The van der Waals surface area contributed by atoms with E-state index in [1.54, 1.807) is 0 Å². The molecule has 14 heteroatoms. The summed E-state index contributed by atoms with van der Waals surface area (Å²) in [6, 6.07) is 0. The van der Waals surface area contributed by atoms with Crippen LogP contribution in [0, 0.1) is 0 Å². The molecule has 2 aromatic rings. The standard InChI is InChI=1S/C17H8Cl6N4O4/c1-26(15(29)4-3(2-28)7(18)9(20)11(22)13(4)24)27-16(30)5-6(17(27)31)14(25)12(23)10(21)8(5)19/h2H,24-25H2,1H3. The molecule has 8 nitrogen and oxygen atoms in total. The highest BCUT2D eigenvalue weighted by Crippen LogP contribution is 2.45. The summed E-state index contributed by atoms with van der Waals surface area (Å²) < 4.78 is 0. The highest BCUT2D eigenvalue weighted by Gasteiger charge is 2.45. The van der Waals surface area contributed by atoms with Gasteiger partial charge in [-0.2, -0.15) is 5.01 Å². The Morgan fingerprint density at radius 3 is 1.84 bits per heavy atom. The number of fused-ring (bicyclic) bond motifs is 1. The van der Waals surface area contributed by atoms with Crippen molar-refractivity contribution in [1.82, 2.24) is 10.0 Å². The molecule has 162 valence electrons. The normalized spacial score (nSPS) is 12.9. The number of nitrogen functional groups attached to an aromatic ring is 2. The van der Waals surface area contributed by atoms with Crippen LogP contribution in [0.5, 0.6) is 0 Å². The number of imide groups is 1. The summed E-state index contributed by atoms with van der Waals surface area (Å²) in [5.74, 6) is -3.09. The highest BCUT2D eigenvalue weighted by atomic mass is 35.5. The number of carbonyl (C=O) groups is 4. The highest BCUT2D eigenvalue weighted by molar-refractivity contribution is 6.52. The molecule has 0 bridgehead atoms. The molecule has 31 heavy (non-hydrogen) atoms. The molecule has 1 aliphatic rings. The monoisotopic (exact) mass is 542 g/mol. The number of anilines is 2. The Kier molecular flexibility index (Phi) is 6.27. The van der Waals surface area contributed by atoms with E-state index in [1.807, 2.05) is 0 Å². The van der Waals surface area contributed by atoms with E-state index in [4.69, 9.17) is 81.1 Å². The molecular weight excluding hydrogens is 537 g/mol. The van der Waals surface area contributed by atoms with Crippen LogP contribution in [0.2, 0.25) is 30.1 Å². The average molecular weight is 545 g/mol. The van der Waals surface area contributed by atoms with E-state index in [1.165, 1.54) is 0 Å². The molecule has 1 aliphatic heterocycles. The first-order valence-electron chi connectivity index (χ1n) is 7.92. The van der Waals surface area contributed by atoms with Gasteiger partial charge in [-0.05, 0) is 0 Å². The maximum atomic E-state index is 13.2. The summed E-state index contributed by atoms with van der Waals surface area (Å²) >= 11 is 36.0. The van der Waals surface area contributed by atoms with Crippen LogP contribution in [-0.2, 0) is 0 Å². The average Bonchev–Trinajstić information content (AvgIpc) is 3.00. The van der Waals surface area contributed by atoms with Gasteiger partial charge in [0.2, 0.25) is 0 Å². The summed E-state index contributed by atoms with van der Waals surface area (Å²) in [5.41, 5.74) is 9.50. The molecule has 0 fully saturated rings. The molecule has 2 aromatic carbocycles. The second-order valence-electron chi connectivity index (χ2n) is 6.12. The molecule has 0 spiro atoms. The summed E-state index contributed by atoms with van der Waals surface area (Å²) in [7, 11) is 1.07. The number of benzene rings is 2. The smallest absolute Gasteiger partial charge is 0.283 e. The number of rotatable bonds is 3. The summed E-state index contributed by atoms with van der Waals surface area (Å²) in [6.07, 6.45) is 0.235. The fourth-order valence-electron chi connectivity index (χ4n) is 2.97. The zero-order valence-electron chi connectivity index (χ0n) is 15.0. The van der Waals surface area contributed by atoms with Gasteiger partial charge in [0.05, 0.1) is 58.2 Å². The minimum atomic E-state index is -1.07. The number of aldehydes is 1. The zero-order valence-corrected chi connectivity index (χ0v) is 19.6. The van der Waals surface area contributed by atoms with Crippen molar-refractivity contribution in [2.24, 2.45) is 0 Å². The maximum absolute atomic E-state index is 13.2. The Balaban J connectivity index is 2.17. The van der Waals surface area contributed by atoms with E-state index >= 15 is 0 Å². The third-order valence-electron chi connectivity index (χ3n) is 4.50. The van der Waals surface area contributed by atoms with Crippen LogP contribution >= 0.6 is 69.6 Å². The minimum absolute atomic E-state index is 0.230. The van der Waals surface area contributed by atoms with Crippen LogP contribution in [0.4, 0.5) is 11.4 Å². The van der Waals surface area contributed by atoms with E-state index < -0.39 is 23.3 Å². The summed E-state index contributed by atoms with van der Waals surface area (Å²) in [6.45, 7) is 0. The van der Waals surface area contributed by atoms with Crippen molar-refractivity contribution in [3.63, 3.8) is 0 Å². The molecule has 0 radical (unpaired) electrons. The van der Waals surface area contributed by atoms with Crippen molar-refractivity contribution in [2.75, 3.05) is 18.5 Å². The van der Waals surface area contributed by atoms with Crippen molar-refractivity contribution in [2.45, 2.75) is 0 Å². The maximum Gasteiger partial charge on any atom is 0.283 e. The number of hydrazine groups is 1. The van der Waals surface area contributed by atoms with Crippen LogP contribution in [0.25, 0.3) is 0 Å². The number of hydrogen-bond acceptors (Lipinski definition) is 6. The topological polar surface area (TPSA) is 127 Å². The van der Waals surface area contributed by atoms with Crippen molar-refractivity contribution in [3.8, 4) is 0 Å². The fraction of sp³-hybridized carbons (Fsp3) is 0.0588. The van der Waals surface area contributed by atoms with Gasteiger partial charge < -0.3 is 11.5 Å². The number of amides is 3. The first-order chi connectivity index (χ1) is 14.4. The fourth-order valence-corrected chi connectivity index (χ4v) is 4.35. The van der Waals surface area contributed by atoms with Crippen LogP contribution in [0.3, 0.4) is 0 Å². The lowest BCUT2D eigenvalue weighted by molar-refractivity contribution is 0.0128. The van der Waals surface area contributed by atoms with Gasteiger partial charge in [0, 0.05) is 12.6 Å². The molecule has 0 aliphatic carbocycles. The number of halogens is 6. The van der Waals surface area contributed by atoms with Crippen molar-refractivity contribution >= 4 is 105 Å². The molecule has 3 amide bonds. The largest absolute Gasteiger partial charge is 0.397 e. The van der Waals surface area contributed by atoms with Gasteiger partial charge in [-0.3, -0.25) is 19.2 Å². The van der Waals surface area contributed by atoms with Gasteiger partial charge in [-0.1, -0.05) is 69.6 Å². The molecule has 3 rings (SSSR count). The Hall–Kier alpha value is -1.94. The Morgan fingerprint density at radius 1 is 0.806 bits per heavy atom. The third-order valence-corrected chi connectivity index (χ3v) is 7.19. The van der Waals surface area contributed by atoms with Gasteiger partial charge in [0.25, 0.3) is 17.7 Å². The quantitative estimate of drug-likeness (QED) is 0.246. The molecule has 0 atom stereocenters. The first-order valence-corrected chi connectivity index (χ1v) is 10.2. The molecule has 1 heterocycles. The van der Waals surface area contributed by atoms with Gasteiger partial charge in [0.1, 0.15) is 0 Å². The second-order valence-corrected chi connectivity index (χ2v) is 8.39. The summed E-state index contributed by atoms with van der Waals surface area (Å²) in [4.78, 5) is 50.6. The second kappa shape index (κ2) is 8.20. The molecule has 0 saturated carbocycles. The number of nitrogens with zero attached hydrogens (tertiary/aromatic N) is 2. The summed E-state index contributed by atoms with van der Waals surface area (Å²) in [5, 5.41) is -0.613. The minimum Gasteiger partial charge on any atom is -0.397 e. The Bertz CT molecular complexity index is 1190. The molecular formula is C17H8Cl6N4O4. The number of hydrogen-bond donors (Lipinski definition) is 2.